The topological polar surface area (TPSA) is 9.23 Å². The maximum atomic E-state index is 5.34. The van der Waals surface area contributed by atoms with Crippen LogP contribution < -0.4 is 0 Å². The molecule has 1 heteroatoms. The monoisotopic (exact) mass is 296 g/mol. The van der Waals surface area contributed by atoms with E-state index in [1.165, 1.54) is 89.9 Å². The van der Waals surface area contributed by atoms with E-state index < -0.39 is 0 Å². The lowest BCUT2D eigenvalue weighted by Crippen LogP contribution is -1.92. The van der Waals surface area contributed by atoms with Crippen LogP contribution in [0.1, 0.15) is 104 Å². The number of allylic oxidation sites excluding steroid dienone is 2. The summed E-state index contributed by atoms with van der Waals surface area (Å²) < 4.78 is 5.34. The van der Waals surface area contributed by atoms with E-state index in [0.29, 0.717) is 0 Å². The first-order valence-corrected chi connectivity index (χ1v) is 9.64. The molecule has 0 rings (SSSR count). The molecule has 0 atom stereocenters. The summed E-state index contributed by atoms with van der Waals surface area (Å²) >= 11 is 0. The summed E-state index contributed by atoms with van der Waals surface area (Å²) in [6.07, 6.45) is 24.0. The van der Waals surface area contributed by atoms with Crippen LogP contribution in [0.4, 0.5) is 0 Å². The van der Waals surface area contributed by atoms with Crippen molar-refractivity contribution in [3.05, 3.63) is 12.2 Å². The second-order valence-corrected chi connectivity index (χ2v) is 6.13. The Morgan fingerprint density at radius 2 is 1.05 bits per heavy atom. The number of ether oxygens (including phenoxy) is 1. The van der Waals surface area contributed by atoms with E-state index in [-0.39, 0.29) is 0 Å². The fourth-order valence-corrected chi connectivity index (χ4v) is 2.60. The summed E-state index contributed by atoms with van der Waals surface area (Å²) in [5.74, 6) is 0. The second-order valence-electron chi connectivity index (χ2n) is 6.13. The molecule has 0 N–H and O–H groups in total. The van der Waals surface area contributed by atoms with Crippen molar-refractivity contribution in [2.24, 2.45) is 0 Å². The summed E-state index contributed by atoms with van der Waals surface area (Å²) in [7, 11) is 0. The number of unbranched alkanes of at least 4 members (excludes halogenated alkanes) is 12. The van der Waals surface area contributed by atoms with Gasteiger partial charge < -0.3 is 4.74 Å². The van der Waals surface area contributed by atoms with Crippen molar-refractivity contribution in [3.8, 4) is 0 Å². The summed E-state index contributed by atoms with van der Waals surface area (Å²) in [6.45, 7) is 6.17. The van der Waals surface area contributed by atoms with Crippen LogP contribution in [-0.4, -0.2) is 13.2 Å². The Bertz CT molecular complexity index is 198. The van der Waals surface area contributed by atoms with Crippen LogP contribution in [0.3, 0.4) is 0 Å². The van der Waals surface area contributed by atoms with Crippen LogP contribution in [-0.2, 0) is 4.74 Å². The molecule has 1 nitrogen and oxygen atoms in total. The van der Waals surface area contributed by atoms with Gasteiger partial charge in [-0.2, -0.15) is 0 Å². The van der Waals surface area contributed by atoms with E-state index in [1.807, 2.05) is 0 Å². The lowest BCUT2D eigenvalue weighted by Gasteiger charge is -2.01. The van der Waals surface area contributed by atoms with Gasteiger partial charge in [0.05, 0.1) is 0 Å². The Hall–Kier alpha value is -0.300. The van der Waals surface area contributed by atoms with Crippen LogP contribution >= 0.6 is 0 Å². The second kappa shape index (κ2) is 19.7. The molecule has 0 heterocycles. The fraction of sp³-hybridized carbons (Fsp3) is 0.900. The zero-order chi connectivity index (χ0) is 15.4. The standard InChI is InChI=1S/C20H40O/c1-3-5-6-7-8-9-10-11-12-13-14-15-16-17-18-19-20-21-4-2/h11-12H,3-10,13-20H2,1-2H3/b12-11-. The third kappa shape index (κ3) is 19.7. The Labute approximate surface area is 134 Å². The van der Waals surface area contributed by atoms with Crippen LogP contribution in [0.15, 0.2) is 12.2 Å². The van der Waals surface area contributed by atoms with Crippen LogP contribution in [0.2, 0.25) is 0 Å². The van der Waals surface area contributed by atoms with Crippen LogP contribution in [0.5, 0.6) is 0 Å². The van der Waals surface area contributed by atoms with Gasteiger partial charge in [0.25, 0.3) is 0 Å². The van der Waals surface area contributed by atoms with Crippen molar-refractivity contribution in [1.82, 2.24) is 0 Å². The zero-order valence-electron chi connectivity index (χ0n) is 14.9. The van der Waals surface area contributed by atoms with E-state index in [0.717, 1.165) is 13.2 Å². The highest BCUT2D eigenvalue weighted by atomic mass is 16.5. The van der Waals surface area contributed by atoms with Crippen molar-refractivity contribution < 1.29 is 4.74 Å². The highest BCUT2D eigenvalue weighted by Crippen LogP contribution is 2.09. The molecule has 0 aromatic carbocycles. The minimum atomic E-state index is 0.866. The SMILES string of the molecule is CCCCCCCC/C=C\CCCCCCCCOCC. The third-order valence-electron chi connectivity index (χ3n) is 4.00. The van der Waals surface area contributed by atoms with Gasteiger partial charge >= 0.3 is 0 Å². The molecule has 0 spiro atoms. The van der Waals surface area contributed by atoms with Gasteiger partial charge in [0.1, 0.15) is 0 Å². The van der Waals surface area contributed by atoms with Crippen molar-refractivity contribution in [1.29, 1.82) is 0 Å². The van der Waals surface area contributed by atoms with Gasteiger partial charge in [-0.3, -0.25) is 0 Å². The normalized spacial score (nSPS) is 11.5. The Balaban J connectivity index is 3.02. The van der Waals surface area contributed by atoms with Gasteiger partial charge in [-0.05, 0) is 39.0 Å². The lowest BCUT2D eigenvalue weighted by atomic mass is 10.1. The van der Waals surface area contributed by atoms with Crippen molar-refractivity contribution >= 4 is 0 Å². The van der Waals surface area contributed by atoms with Crippen molar-refractivity contribution in [3.63, 3.8) is 0 Å². The maximum Gasteiger partial charge on any atom is 0.0465 e. The van der Waals surface area contributed by atoms with Gasteiger partial charge in [-0.1, -0.05) is 76.9 Å². The number of hydrogen-bond donors (Lipinski definition) is 0. The maximum absolute atomic E-state index is 5.34. The summed E-state index contributed by atoms with van der Waals surface area (Å²) in [5.41, 5.74) is 0. The van der Waals surface area contributed by atoms with E-state index in [9.17, 15) is 0 Å². The molecule has 0 bridgehead atoms. The van der Waals surface area contributed by atoms with Crippen LogP contribution in [0.25, 0.3) is 0 Å². The van der Waals surface area contributed by atoms with Crippen LogP contribution in [0, 0.1) is 0 Å². The highest BCUT2D eigenvalue weighted by Gasteiger charge is 1.91. The molecule has 0 unspecified atom stereocenters. The molecule has 0 fully saturated rings. The molecule has 0 radical (unpaired) electrons. The molecule has 0 saturated heterocycles. The fourth-order valence-electron chi connectivity index (χ4n) is 2.60. The predicted molar refractivity (Wildman–Crippen MR) is 95.9 cm³/mol. The summed E-state index contributed by atoms with van der Waals surface area (Å²) in [4.78, 5) is 0. The molecule has 0 aliphatic rings. The largest absolute Gasteiger partial charge is 0.382 e. The van der Waals surface area contributed by atoms with Gasteiger partial charge in [0.15, 0.2) is 0 Å². The quantitative estimate of drug-likeness (QED) is 0.206. The minimum absolute atomic E-state index is 0.866. The summed E-state index contributed by atoms with van der Waals surface area (Å²) in [6, 6.07) is 0. The van der Waals surface area contributed by atoms with Gasteiger partial charge in [-0.15, -0.1) is 0 Å². The molecule has 0 aromatic rings. The zero-order valence-corrected chi connectivity index (χ0v) is 14.9. The third-order valence-corrected chi connectivity index (χ3v) is 4.00. The highest BCUT2D eigenvalue weighted by molar-refractivity contribution is 4.81. The van der Waals surface area contributed by atoms with Gasteiger partial charge in [0.2, 0.25) is 0 Å². The van der Waals surface area contributed by atoms with E-state index >= 15 is 0 Å². The predicted octanol–water partition coefficient (Wildman–Crippen LogP) is 7.06. The van der Waals surface area contributed by atoms with E-state index in [1.54, 1.807) is 0 Å². The molecular weight excluding hydrogens is 256 g/mol. The molecular formula is C20H40O. The average Bonchev–Trinajstić information content (AvgIpc) is 2.50. The molecule has 0 aliphatic carbocycles. The Morgan fingerprint density at radius 1 is 0.571 bits per heavy atom. The Morgan fingerprint density at radius 3 is 1.57 bits per heavy atom. The molecule has 0 aliphatic heterocycles. The Kier molecular flexibility index (Phi) is 19.4. The summed E-state index contributed by atoms with van der Waals surface area (Å²) in [5, 5.41) is 0. The first-order chi connectivity index (χ1) is 10.4. The van der Waals surface area contributed by atoms with E-state index in [2.05, 4.69) is 26.0 Å². The number of hydrogen-bond acceptors (Lipinski definition) is 1. The average molecular weight is 297 g/mol. The van der Waals surface area contributed by atoms with E-state index in [4.69, 9.17) is 4.74 Å². The van der Waals surface area contributed by atoms with Gasteiger partial charge in [0, 0.05) is 13.2 Å². The number of rotatable bonds is 17. The molecule has 126 valence electrons. The lowest BCUT2D eigenvalue weighted by molar-refractivity contribution is 0.143. The molecule has 0 amide bonds. The molecule has 0 aromatic heterocycles. The molecule has 0 saturated carbocycles. The molecule has 21 heavy (non-hydrogen) atoms. The first kappa shape index (κ1) is 20.7. The van der Waals surface area contributed by atoms with Crippen molar-refractivity contribution in [2.45, 2.75) is 104 Å². The first-order valence-electron chi connectivity index (χ1n) is 9.64. The smallest absolute Gasteiger partial charge is 0.0465 e. The van der Waals surface area contributed by atoms with Crippen molar-refractivity contribution in [2.75, 3.05) is 13.2 Å². The van der Waals surface area contributed by atoms with Gasteiger partial charge in [-0.25, -0.2) is 0 Å². The minimum Gasteiger partial charge on any atom is -0.382 e.